The molecule has 2 heteroatoms. The molecule has 2 nitrogen and oxygen atoms in total. The number of nitrogens with one attached hydrogen (secondary N) is 2. The van der Waals surface area contributed by atoms with E-state index < -0.39 is 0 Å². The van der Waals surface area contributed by atoms with E-state index in [2.05, 4.69) is 56.5 Å². The van der Waals surface area contributed by atoms with Crippen LogP contribution in [0.2, 0.25) is 0 Å². The van der Waals surface area contributed by atoms with Crippen LogP contribution in [0.25, 0.3) is 0 Å². The third-order valence-electron chi connectivity index (χ3n) is 3.03. The molecule has 1 aromatic rings. The Balaban J connectivity index is 2.22. The van der Waals surface area contributed by atoms with Crippen LogP contribution in [0.3, 0.4) is 0 Å². The maximum absolute atomic E-state index is 3.52. The monoisotopic (exact) mass is 234 g/mol. The van der Waals surface area contributed by atoms with Gasteiger partial charge >= 0.3 is 0 Å². The van der Waals surface area contributed by atoms with Crippen LogP contribution >= 0.6 is 0 Å². The van der Waals surface area contributed by atoms with Gasteiger partial charge in [-0.15, -0.1) is 0 Å². The summed E-state index contributed by atoms with van der Waals surface area (Å²) in [6, 6.07) is 7.09. The summed E-state index contributed by atoms with van der Waals surface area (Å²) in [6.45, 7) is 11.9. The average Bonchev–Trinajstić information content (AvgIpc) is 2.26. The normalized spacial score (nSPS) is 11.1. The molecule has 0 fully saturated rings. The molecular weight excluding hydrogens is 208 g/mol. The van der Waals surface area contributed by atoms with Crippen molar-refractivity contribution in [3.63, 3.8) is 0 Å². The third kappa shape index (κ3) is 5.33. The second-order valence-electron chi connectivity index (χ2n) is 5.01. The van der Waals surface area contributed by atoms with E-state index in [0.717, 1.165) is 19.6 Å². The molecule has 0 saturated heterocycles. The Kier molecular flexibility index (Phi) is 6.23. The van der Waals surface area contributed by atoms with Crippen LogP contribution in [-0.4, -0.2) is 19.1 Å². The fourth-order valence-electron chi connectivity index (χ4n) is 1.95. The van der Waals surface area contributed by atoms with E-state index >= 15 is 0 Å². The van der Waals surface area contributed by atoms with Crippen molar-refractivity contribution in [2.45, 2.75) is 46.7 Å². The summed E-state index contributed by atoms with van der Waals surface area (Å²) in [5.41, 5.74) is 4.22. The first-order chi connectivity index (χ1) is 8.11. The SMILES string of the molecule is Cc1cccc(C)c1CNCCCNC(C)C. The molecule has 0 aromatic heterocycles. The molecule has 1 aromatic carbocycles. The molecule has 1 rings (SSSR count). The quantitative estimate of drug-likeness (QED) is 0.709. The summed E-state index contributed by atoms with van der Waals surface area (Å²) in [4.78, 5) is 0. The van der Waals surface area contributed by atoms with E-state index in [0.29, 0.717) is 6.04 Å². The van der Waals surface area contributed by atoms with Gasteiger partial charge in [0.2, 0.25) is 0 Å². The van der Waals surface area contributed by atoms with Gasteiger partial charge in [0.1, 0.15) is 0 Å². The maximum atomic E-state index is 3.52. The van der Waals surface area contributed by atoms with E-state index in [9.17, 15) is 0 Å². The number of hydrogen-bond donors (Lipinski definition) is 2. The minimum Gasteiger partial charge on any atom is -0.314 e. The van der Waals surface area contributed by atoms with Crippen LogP contribution in [0.5, 0.6) is 0 Å². The molecule has 0 unspecified atom stereocenters. The van der Waals surface area contributed by atoms with E-state index in [4.69, 9.17) is 0 Å². The number of benzene rings is 1. The molecule has 0 aliphatic heterocycles. The van der Waals surface area contributed by atoms with Crippen LogP contribution < -0.4 is 10.6 Å². The largest absolute Gasteiger partial charge is 0.314 e. The zero-order chi connectivity index (χ0) is 12.7. The molecule has 0 amide bonds. The van der Waals surface area contributed by atoms with E-state index in [-0.39, 0.29) is 0 Å². The van der Waals surface area contributed by atoms with Gasteiger partial charge in [-0.2, -0.15) is 0 Å². The van der Waals surface area contributed by atoms with Gasteiger partial charge in [-0.3, -0.25) is 0 Å². The Bertz CT molecular complexity index is 311. The third-order valence-corrected chi connectivity index (χ3v) is 3.03. The van der Waals surface area contributed by atoms with Crippen molar-refractivity contribution in [3.8, 4) is 0 Å². The van der Waals surface area contributed by atoms with Gasteiger partial charge in [-0.25, -0.2) is 0 Å². The lowest BCUT2D eigenvalue weighted by Gasteiger charge is -2.11. The molecule has 0 aliphatic carbocycles. The van der Waals surface area contributed by atoms with Crippen molar-refractivity contribution in [2.24, 2.45) is 0 Å². The molecule has 0 heterocycles. The average molecular weight is 234 g/mol. The van der Waals surface area contributed by atoms with Crippen LogP contribution in [0.4, 0.5) is 0 Å². The Morgan fingerprint density at radius 3 is 2.29 bits per heavy atom. The van der Waals surface area contributed by atoms with Gasteiger partial charge in [-0.1, -0.05) is 32.0 Å². The first-order valence-corrected chi connectivity index (χ1v) is 6.60. The number of aryl methyl sites for hydroxylation is 2. The van der Waals surface area contributed by atoms with E-state index in [1.165, 1.54) is 23.1 Å². The topological polar surface area (TPSA) is 24.1 Å². The fraction of sp³-hybridized carbons (Fsp3) is 0.600. The molecule has 0 spiro atoms. The summed E-state index contributed by atoms with van der Waals surface area (Å²) < 4.78 is 0. The van der Waals surface area contributed by atoms with Crippen molar-refractivity contribution in [3.05, 3.63) is 34.9 Å². The Morgan fingerprint density at radius 1 is 1.06 bits per heavy atom. The van der Waals surface area contributed by atoms with E-state index in [1.54, 1.807) is 0 Å². The summed E-state index contributed by atoms with van der Waals surface area (Å²) in [5.74, 6) is 0. The molecule has 0 radical (unpaired) electrons. The second kappa shape index (κ2) is 7.46. The predicted molar refractivity (Wildman–Crippen MR) is 75.4 cm³/mol. The lowest BCUT2D eigenvalue weighted by molar-refractivity contribution is 0.547. The van der Waals surface area contributed by atoms with Gasteiger partial charge in [0.25, 0.3) is 0 Å². The van der Waals surface area contributed by atoms with Crippen LogP contribution in [-0.2, 0) is 6.54 Å². The smallest absolute Gasteiger partial charge is 0.0210 e. The maximum Gasteiger partial charge on any atom is 0.0210 e. The summed E-state index contributed by atoms with van der Waals surface area (Å²) >= 11 is 0. The molecule has 0 saturated carbocycles. The highest BCUT2D eigenvalue weighted by atomic mass is 14.9. The van der Waals surface area contributed by atoms with Gasteiger partial charge in [-0.05, 0) is 50.0 Å². The van der Waals surface area contributed by atoms with Crippen molar-refractivity contribution in [1.82, 2.24) is 10.6 Å². The summed E-state index contributed by atoms with van der Waals surface area (Å²) in [7, 11) is 0. The van der Waals surface area contributed by atoms with E-state index in [1.807, 2.05) is 0 Å². The van der Waals surface area contributed by atoms with Crippen molar-refractivity contribution < 1.29 is 0 Å². The van der Waals surface area contributed by atoms with Gasteiger partial charge in [0.15, 0.2) is 0 Å². The van der Waals surface area contributed by atoms with Crippen molar-refractivity contribution in [1.29, 1.82) is 0 Å². The highest BCUT2D eigenvalue weighted by Crippen LogP contribution is 2.12. The Hall–Kier alpha value is -0.860. The highest BCUT2D eigenvalue weighted by molar-refractivity contribution is 5.33. The molecule has 0 atom stereocenters. The Morgan fingerprint density at radius 2 is 1.71 bits per heavy atom. The fourth-order valence-corrected chi connectivity index (χ4v) is 1.95. The van der Waals surface area contributed by atoms with Gasteiger partial charge in [0, 0.05) is 12.6 Å². The van der Waals surface area contributed by atoms with Gasteiger partial charge < -0.3 is 10.6 Å². The van der Waals surface area contributed by atoms with Crippen LogP contribution in [0.1, 0.15) is 37.0 Å². The predicted octanol–water partition coefficient (Wildman–Crippen LogP) is 2.78. The first-order valence-electron chi connectivity index (χ1n) is 6.60. The lowest BCUT2D eigenvalue weighted by Crippen LogP contribution is -2.27. The second-order valence-corrected chi connectivity index (χ2v) is 5.01. The molecule has 17 heavy (non-hydrogen) atoms. The number of hydrogen-bond acceptors (Lipinski definition) is 2. The van der Waals surface area contributed by atoms with Crippen LogP contribution in [0, 0.1) is 13.8 Å². The summed E-state index contributed by atoms with van der Waals surface area (Å²) in [5, 5.41) is 6.94. The molecule has 2 N–H and O–H groups in total. The molecule has 96 valence electrons. The first kappa shape index (κ1) is 14.2. The van der Waals surface area contributed by atoms with Crippen LogP contribution in [0.15, 0.2) is 18.2 Å². The summed E-state index contributed by atoms with van der Waals surface area (Å²) in [6.07, 6.45) is 1.18. The van der Waals surface area contributed by atoms with Crippen molar-refractivity contribution >= 4 is 0 Å². The zero-order valence-electron chi connectivity index (χ0n) is 11.6. The highest BCUT2D eigenvalue weighted by Gasteiger charge is 2.00. The lowest BCUT2D eigenvalue weighted by atomic mass is 10.0. The zero-order valence-corrected chi connectivity index (χ0v) is 11.6. The molecule has 0 bridgehead atoms. The van der Waals surface area contributed by atoms with Crippen molar-refractivity contribution in [2.75, 3.05) is 13.1 Å². The minimum absolute atomic E-state index is 0.591. The number of rotatable bonds is 7. The Labute approximate surface area is 106 Å². The van der Waals surface area contributed by atoms with Gasteiger partial charge in [0.05, 0.1) is 0 Å². The standard InChI is InChI=1S/C15H26N2/c1-12(2)17-10-6-9-16-11-15-13(3)7-5-8-14(15)4/h5,7-8,12,16-17H,6,9-11H2,1-4H3. The molecule has 0 aliphatic rings. The molecular formula is C15H26N2. The minimum atomic E-state index is 0.591.